The van der Waals surface area contributed by atoms with Crippen LogP contribution < -0.4 is 5.32 Å². The highest BCUT2D eigenvalue weighted by Crippen LogP contribution is 2.30. The SMILES string of the molecule is CC(C)n1c(C2CCNCC2)nc2cc(F)ccc21. The Morgan fingerprint density at radius 2 is 2.05 bits per heavy atom. The molecule has 1 aromatic heterocycles. The topological polar surface area (TPSA) is 29.9 Å². The van der Waals surface area contributed by atoms with Gasteiger partial charge in [-0.15, -0.1) is 0 Å². The van der Waals surface area contributed by atoms with Gasteiger partial charge >= 0.3 is 0 Å². The molecule has 0 radical (unpaired) electrons. The van der Waals surface area contributed by atoms with Crippen molar-refractivity contribution in [2.45, 2.75) is 38.6 Å². The van der Waals surface area contributed by atoms with Gasteiger partial charge in [-0.2, -0.15) is 0 Å². The van der Waals surface area contributed by atoms with Crippen LogP contribution in [0.15, 0.2) is 18.2 Å². The van der Waals surface area contributed by atoms with Crippen molar-refractivity contribution in [3.63, 3.8) is 0 Å². The van der Waals surface area contributed by atoms with Crippen LogP contribution >= 0.6 is 0 Å². The fourth-order valence-corrected chi connectivity index (χ4v) is 3.00. The molecule has 2 heterocycles. The zero-order chi connectivity index (χ0) is 13.4. The van der Waals surface area contributed by atoms with Crippen molar-refractivity contribution in [1.82, 2.24) is 14.9 Å². The summed E-state index contributed by atoms with van der Waals surface area (Å²) < 4.78 is 15.6. The number of fused-ring (bicyclic) bond motifs is 1. The Morgan fingerprint density at radius 3 is 2.74 bits per heavy atom. The monoisotopic (exact) mass is 261 g/mol. The minimum absolute atomic E-state index is 0.210. The summed E-state index contributed by atoms with van der Waals surface area (Å²) >= 11 is 0. The number of rotatable bonds is 2. The van der Waals surface area contributed by atoms with Crippen LogP contribution in [0.3, 0.4) is 0 Å². The summed E-state index contributed by atoms with van der Waals surface area (Å²) in [7, 11) is 0. The smallest absolute Gasteiger partial charge is 0.125 e. The first kappa shape index (κ1) is 12.6. The molecule has 2 aromatic rings. The van der Waals surface area contributed by atoms with Crippen LogP contribution in [0.1, 0.15) is 44.5 Å². The van der Waals surface area contributed by atoms with Crippen molar-refractivity contribution in [2.24, 2.45) is 0 Å². The van der Waals surface area contributed by atoms with Crippen LogP contribution in [-0.2, 0) is 0 Å². The number of piperidine rings is 1. The summed E-state index contributed by atoms with van der Waals surface area (Å²) in [5, 5.41) is 3.38. The molecule has 0 bridgehead atoms. The normalized spacial score (nSPS) is 17.5. The number of aromatic nitrogens is 2. The molecular formula is C15H20FN3. The minimum Gasteiger partial charge on any atom is -0.325 e. The maximum absolute atomic E-state index is 13.4. The molecule has 1 aromatic carbocycles. The second-order valence-electron chi connectivity index (χ2n) is 5.59. The predicted molar refractivity (Wildman–Crippen MR) is 74.9 cm³/mol. The van der Waals surface area contributed by atoms with Gasteiger partial charge in [0.05, 0.1) is 11.0 Å². The van der Waals surface area contributed by atoms with Gasteiger partial charge < -0.3 is 9.88 Å². The van der Waals surface area contributed by atoms with E-state index in [-0.39, 0.29) is 5.82 Å². The van der Waals surface area contributed by atoms with Crippen molar-refractivity contribution in [3.8, 4) is 0 Å². The molecule has 0 unspecified atom stereocenters. The lowest BCUT2D eigenvalue weighted by atomic mass is 9.97. The molecule has 3 nitrogen and oxygen atoms in total. The van der Waals surface area contributed by atoms with Gasteiger partial charge in [0, 0.05) is 18.0 Å². The lowest BCUT2D eigenvalue weighted by Crippen LogP contribution is -2.28. The van der Waals surface area contributed by atoms with E-state index in [0.717, 1.165) is 42.8 Å². The zero-order valence-electron chi connectivity index (χ0n) is 11.5. The molecule has 0 amide bonds. The molecule has 1 fully saturated rings. The summed E-state index contributed by atoms with van der Waals surface area (Å²) in [6.07, 6.45) is 2.22. The quantitative estimate of drug-likeness (QED) is 0.899. The molecule has 3 rings (SSSR count). The van der Waals surface area contributed by atoms with E-state index in [1.807, 2.05) is 6.07 Å². The highest BCUT2D eigenvalue weighted by molar-refractivity contribution is 5.76. The number of imidazole rings is 1. The third kappa shape index (κ3) is 2.25. The first-order valence-electron chi connectivity index (χ1n) is 7.05. The minimum atomic E-state index is -0.210. The Kier molecular flexibility index (Phi) is 3.27. The Labute approximate surface area is 112 Å². The van der Waals surface area contributed by atoms with Gasteiger partial charge in [-0.3, -0.25) is 0 Å². The van der Waals surface area contributed by atoms with Gasteiger partial charge in [0.1, 0.15) is 11.6 Å². The van der Waals surface area contributed by atoms with E-state index < -0.39 is 0 Å². The molecule has 19 heavy (non-hydrogen) atoms. The van der Waals surface area contributed by atoms with E-state index in [9.17, 15) is 4.39 Å². The molecule has 0 spiro atoms. The first-order valence-corrected chi connectivity index (χ1v) is 7.05. The van der Waals surface area contributed by atoms with Crippen molar-refractivity contribution >= 4 is 11.0 Å². The average molecular weight is 261 g/mol. The van der Waals surface area contributed by atoms with Crippen LogP contribution in [0.4, 0.5) is 4.39 Å². The molecular weight excluding hydrogens is 241 g/mol. The number of nitrogens with one attached hydrogen (secondary N) is 1. The van der Waals surface area contributed by atoms with Crippen LogP contribution in [-0.4, -0.2) is 22.6 Å². The Bertz CT molecular complexity index is 582. The van der Waals surface area contributed by atoms with Crippen molar-refractivity contribution < 1.29 is 4.39 Å². The zero-order valence-corrected chi connectivity index (χ0v) is 11.5. The number of hydrogen-bond acceptors (Lipinski definition) is 2. The first-order chi connectivity index (χ1) is 9.16. The fourth-order valence-electron chi connectivity index (χ4n) is 3.00. The van der Waals surface area contributed by atoms with Crippen LogP contribution in [0.5, 0.6) is 0 Å². The second-order valence-corrected chi connectivity index (χ2v) is 5.59. The molecule has 0 saturated carbocycles. The van der Waals surface area contributed by atoms with E-state index in [2.05, 4.69) is 23.7 Å². The van der Waals surface area contributed by atoms with E-state index in [1.165, 1.54) is 6.07 Å². The van der Waals surface area contributed by atoms with E-state index >= 15 is 0 Å². The van der Waals surface area contributed by atoms with Gasteiger partial charge in [0.25, 0.3) is 0 Å². The van der Waals surface area contributed by atoms with Gasteiger partial charge in [-0.05, 0) is 51.9 Å². The number of halogens is 1. The predicted octanol–water partition coefficient (Wildman–Crippen LogP) is 3.22. The highest BCUT2D eigenvalue weighted by atomic mass is 19.1. The summed E-state index contributed by atoms with van der Waals surface area (Å²) in [4.78, 5) is 4.71. The third-order valence-electron chi connectivity index (χ3n) is 3.90. The summed E-state index contributed by atoms with van der Waals surface area (Å²) in [6, 6.07) is 5.26. The highest BCUT2D eigenvalue weighted by Gasteiger charge is 2.23. The molecule has 1 aliphatic heterocycles. The Morgan fingerprint density at radius 1 is 1.32 bits per heavy atom. The summed E-state index contributed by atoms with van der Waals surface area (Å²) in [6.45, 7) is 6.41. The molecule has 0 atom stereocenters. The molecule has 4 heteroatoms. The van der Waals surface area contributed by atoms with Crippen LogP contribution in [0.2, 0.25) is 0 Å². The third-order valence-corrected chi connectivity index (χ3v) is 3.90. The van der Waals surface area contributed by atoms with Gasteiger partial charge in [-0.1, -0.05) is 0 Å². The second kappa shape index (κ2) is 4.93. The summed E-state index contributed by atoms with van der Waals surface area (Å²) in [5.41, 5.74) is 1.83. The van der Waals surface area contributed by atoms with Gasteiger partial charge in [0.15, 0.2) is 0 Å². The molecule has 0 aliphatic carbocycles. The van der Waals surface area contributed by atoms with E-state index in [1.54, 1.807) is 6.07 Å². The van der Waals surface area contributed by atoms with E-state index in [4.69, 9.17) is 4.98 Å². The maximum Gasteiger partial charge on any atom is 0.125 e. The van der Waals surface area contributed by atoms with Gasteiger partial charge in [-0.25, -0.2) is 9.37 Å². The Hall–Kier alpha value is -1.42. The van der Waals surface area contributed by atoms with Crippen molar-refractivity contribution in [3.05, 3.63) is 29.8 Å². The Balaban J connectivity index is 2.13. The largest absolute Gasteiger partial charge is 0.325 e. The number of nitrogens with zero attached hydrogens (tertiary/aromatic N) is 2. The molecule has 1 saturated heterocycles. The van der Waals surface area contributed by atoms with Gasteiger partial charge in [0.2, 0.25) is 0 Å². The molecule has 1 aliphatic rings. The average Bonchev–Trinajstić information content (AvgIpc) is 2.78. The van der Waals surface area contributed by atoms with Crippen molar-refractivity contribution in [2.75, 3.05) is 13.1 Å². The standard InChI is InChI=1S/C15H20FN3/c1-10(2)19-14-4-3-12(16)9-13(14)18-15(19)11-5-7-17-8-6-11/h3-4,9-11,17H,5-8H2,1-2H3. The fraction of sp³-hybridized carbons (Fsp3) is 0.533. The van der Waals surface area contributed by atoms with Crippen LogP contribution in [0.25, 0.3) is 11.0 Å². The molecule has 102 valence electrons. The van der Waals surface area contributed by atoms with Crippen molar-refractivity contribution in [1.29, 1.82) is 0 Å². The van der Waals surface area contributed by atoms with Crippen LogP contribution in [0, 0.1) is 5.82 Å². The maximum atomic E-state index is 13.4. The number of benzene rings is 1. The lowest BCUT2D eigenvalue weighted by molar-refractivity contribution is 0.423. The lowest BCUT2D eigenvalue weighted by Gasteiger charge is -2.24. The molecule has 1 N–H and O–H groups in total. The van der Waals surface area contributed by atoms with E-state index in [0.29, 0.717) is 12.0 Å². The number of hydrogen-bond donors (Lipinski definition) is 1. The summed E-state index contributed by atoms with van der Waals surface area (Å²) in [5.74, 6) is 1.40.